The molecule has 2 unspecified atom stereocenters. The van der Waals surface area contributed by atoms with E-state index in [1.807, 2.05) is 11.8 Å². The zero-order chi connectivity index (χ0) is 21.5. The molecular weight excluding hydrogens is 395 g/mol. The molecule has 0 spiro atoms. The second-order valence-corrected chi connectivity index (χ2v) is 8.29. The highest BCUT2D eigenvalue weighted by molar-refractivity contribution is 5.82. The van der Waals surface area contributed by atoms with Crippen LogP contribution in [0.25, 0.3) is 5.65 Å². The smallest absolute Gasteiger partial charge is 0.333 e. The number of amides is 1. The molecule has 2 saturated heterocycles. The SMILES string of the molecule is CCc1cc(C(F)(F)F)n2nc(C3CCCCN3C(=O)C(C)N3CCCC3)cc2n1. The van der Waals surface area contributed by atoms with Gasteiger partial charge in [-0.15, -0.1) is 0 Å². The van der Waals surface area contributed by atoms with Crippen LogP contribution in [0.3, 0.4) is 0 Å². The summed E-state index contributed by atoms with van der Waals surface area (Å²) in [5.74, 6) is 0.0388. The lowest BCUT2D eigenvalue weighted by Crippen LogP contribution is -2.49. The first kappa shape index (κ1) is 21.1. The minimum absolute atomic E-state index is 0.0388. The number of alkyl halides is 3. The van der Waals surface area contributed by atoms with E-state index in [1.54, 1.807) is 13.0 Å². The molecule has 0 saturated carbocycles. The third kappa shape index (κ3) is 3.91. The Morgan fingerprint density at radius 1 is 1.17 bits per heavy atom. The van der Waals surface area contributed by atoms with E-state index >= 15 is 0 Å². The fraction of sp³-hybridized carbons (Fsp3) is 0.667. The van der Waals surface area contributed by atoms with Crippen LogP contribution in [0.15, 0.2) is 12.1 Å². The van der Waals surface area contributed by atoms with E-state index in [-0.39, 0.29) is 23.6 Å². The van der Waals surface area contributed by atoms with Crippen molar-refractivity contribution in [1.82, 2.24) is 24.4 Å². The van der Waals surface area contributed by atoms with Gasteiger partial charge in [-0.25, -0.2) is 9.50 Å². The van der Waals surface area contributed by atoms with E-state index in [0.29, 0.717) is 30.8 Å². The average Bonchev–Trinajstić information content (AvgIpc) is 3.40. The van der Waals surface area contributed by atoms with Gasteiger partial charge in [0, 0.05) is 18.3 Å². The number of halogens is 3. The topological polar surface area (TPSA) is 53.7 Å². The van der Waals surface area contributed by atoms with Crippen molar-refractivity contribution in [2.24, 2.45) is 0 Å². The highest BCUT2D eigenvalue weighted by Crippen LogP contribution is 2.34. The molecule has 1 amide bonds. The van der Waals surface area contributed by atoms with Crippen LogP contribution in [0.5, 0.6) is 0 Å². The largest absolute Gasteiger partial charge is 0.433 e. The standard InChI is InChI=1S/C21H28F3N5O/c1-3-15-12-18(21(22,23)24)29-19(25-15)13-16(26-29)17-8-4-5-11-28(17)20(30)14(2)27-9-6-7-10-27/h12-14,17H,3-11H2,1-2H3. The number of piperidine rings is 1. The molecule has 0 bridgehead atoms. The molecule has 2 aliphatic rings. The molecule has 2 aromatic rings. The number of likely N-dealkylation sites (tertiary alicyclic amines) is 2. The third-order valence-corrected chi connectivity index (χ3v) is 6.32. The van der Waals surface area contributed by atoms with Crippen molar-refractivity contribution in [2.45, 2.75) is 70.6 Å². The quantitative estimate of drug-likeness (QED) is 0.750. The van der Waals surface area contributed by atoms with Gasteiger partial charge in [-0.1, -0.05) is 6.92 Å². The van der Waals surface area contributed by atoms with Gasteiger partial charge in [0.1, 0.15) is 5.69 Å². The minimum Gasteiger partial charge on any atom is -0.333 e. The summed E-state index contributed by atoms with van der Waals surface area (Å²) in [6.45, 7) is 6.14. The van der Waals surface area contributed by atoms with Gasteiger partial charge in [-0.05, 0) is 64.6 Å². The van der Waals surface area contributed by atoms with Crippen LogP contribution in [0.1, 0.15) is 69.1 Å². The summed E-state index contributed by atoms with van der Waals surface area (Å²) >= 11 is 0. The van der Waals surface area contributed by atoms with E-state index in [1.165, 1.54) is 0 Å². The molecule has 2 atom stereocenters. The normalized spacial score (nSPS) is 22.0. The molecule has 4 heterocycles. The molecule has 0 radical (unpaired) electrons. The number of hydrogen-bond acceptors (Lipinski definition) is 4. The van der Waals surface area contributed by atoms with Crippen LogP contribution >= 0.6 is 0 Å². The molecule has 0 N–H and O–H groups in total. The number of hydrogen-bond donors (Lipinski definition) is 0. The third-order valence-electron chi connectivity index (χ3n) is 6.32. The summed E-state index contributed by atoms with van der Waals surface area (Å²) in [4.78, 5) is 21.6. The van der Waals surface area contributed by atoms with Crippen molar-refractivity contribution in [2.75, 3.05) is 19.6 Å². The minimum atomic E-state index is -4.53. The van der Waals surface area contributed by atoms with Crippen molar-refractivity contribution >= 4 is 11.6 Å². The number of carbonyl (C=O) groups is 1. The van der Waals surface area contributed by atoms with E-state index in [2.05, 4.69) is 15.0 Å². The summed E-state index contributed by atoms with van der Waals surface area (Å²) in [5, 5.41) is 4.29. The summed E-state index contributed by atoms with van der Waals surface area (Å²) in [5.41, 5.74) is 0.223. The fourth-order valence-corrected chi connectivity index (χ4v) is 4.62. The highest BCUT2D eigenvalue weighted by atomic mass is 19.4. The van der Waals surface area contributed by atoms with Crippen molar-refractivity contribution in [1.29, 1.82) is 0 Å². The van der Waals surface area contributed by atoms with Gasteiger partial charge < -0.3 is 4.90 Å². The molecule has 2 aromatic heterocycles. The Morgan fingerprint density at radius 2 is 1.87 bits per heavy atom. The maximum Gasteiger partial charge on any atom is 0.433 e. The molecule has 9 heteroatoms. The van der Waals surface area contributed by atoms with Gasteiger partial charge in [0.15, 0.2) is 5.65 Å². The molecule has 2 aliphatic heterocycles. The molecule has 6 nitrogen and oxygen atoms in total. The molecule has 164 valence electrons. The zero-order valence-corrected chi connectivity index (χ0v) is 17.5. The van der Waals surface area contributed by atoms with Crippen LogP contribution in [0.2, 0.25) is 0 Å². The Balaban J connectivity index is 1.69. The van der Waals surface area contributed by atoms with E-state index in [4.69, 9.17) is 0 Å². The number of aryl methyl sites for hydroxylation is 1. The first-order valence-corrected chi connectivity index (χ1v) is 10.8. The summed E-state index contributed by atoms with van der Waals surface area (Å²) in [6, 6.07) is 2.14. The van der Waals surface area contributed by atoms with Crippen molar-refractivity contribution in [3.63, 3.8) is 0 Å². The molecule has 2 fully saturated rings. The van der Waals surface area contributed by atoms with Crippen molar-refractivity contribution in [3.05, 3.63) is 29.2 Å². The van der Waals surface area contributed by atoms with Gasteiger partial charge in [0.25, 0.3) is 0 Å². The first-order chi connectivity index (χ1) is 14.3. The number of aromatic nitrogens is 3. The van der Waals surface area contributed by atoms with Gasteiger partial charge in [-0.3, -0.25) is 9.69 Å². The second-order valence-electron chi connectivity index (χ2n) is 8.29. The highest BCUT2D eigenvalue weighted by Gasteiger charge is 2.38. The van der Waals surface area contributed by atoms with Crippen LogP contribution in [-0.4, -0.2) is 56.0 Å². The Hall–Kier alpha value is -2.16. The Morgan fingerprint density at radius 3 is 2.53 bits per heavy atom. The molecule has 0 aromatic carbocycles. The van der Waals surface area contributed by atoms with Gasteiger partial charge in [0.05, 0.1) is 17.8 Å². The Bertz CT molecular complexity index is 919. The van der Waals surface area contributed by atoms with Gasteiger partial charge >= 0.3 is 6.18 Å². The lowest BCUT2D eigenvalue weighted by molar-refractivity contribution is -0.143. The Labute approximate surface area is 174 Å². The van der Waals surface area contributed by atoms with Crippen LogP contribution < -0.4 is 0 Å². The number of fused-ring (bicyclic) bond motifs is 1. The molecule has 30 heavy (non-hydrogen) atoms. The van der Waals surface area contributed by atoms with Gasteiger partial charge in [-0.2, -0.15) is 18.3 Å². The molecular formula is C21H28F3N5O. The van der Waals surface area contributed by atoms with Crippen LogP contribution in [-0.2, 0) is 17.4 Å². The fourth-order valence-electron chi connectivity index (χ4n) is 4.62. The van der Waals surface area contributed by atoms with E-state index in [9.17, 15) is 18.0 Å². The monoisotopic (exact) mass is 423 g/mol. The van der Waals surface area contributed by atoms with Crippen molar-refractivity contribution in [3.8, 4) is 0 Å². The molecule has 0 aliphatic carbocycles. The number of nitrogens with zero attached hydrogens (tertiary/aromatic N) is 5. The predicted molar refractivity (Wildman–Crippen MR) is 106 cm³/mol. The predicted octanol–water partition coefficient (Wildman–Crippen LogP) is 3.85. The lowest BCUT2D eigenvalue weighted by atomic mass is 9.98. The van der Waals surface area contributed by atoms with Crippen LogP contribution in [0.4, 0.5) is 13.2 Å². The van der Waals surface area contributed by atoms with Crippen LogP contribution in [0, 0.1) is 0 Å². The lowest BCUT2D eigenvalue weighted by Gasteiger charge is -2.38. The molecule has 4 rings (SSSR count). The van der Waals surface area contributed by atoms with Crippen molar-refractivity contribution < 1.29 is 18.0 Å². The summed E-state index contributed by atoms with van der Waals surface area (Å²) < 4.78 is 41.7. The summed E-state index contributed by atoms with van der Waals surface area (Å²) in [6.07, 6.45) is 0.583. The maximum atomic E-state index is 13.6. The average molecular weight is 423 g/mol. The van der Waals surface area contributed by atoms with E-state index in [0.717, 1.165) is 49.4 Å². The maximum absolute atomic E-state index is 13.6. The summed E-state index contributed by atoms with van der Waals surface area (Å²) in [7, 11) is 0. The number of carbonyl (C=O) groups excluding carboxylic acids is 1. The van der Waals surface area contributed by atoms with E-state index < -0.39 is 11.9 Å². The Kier molecular flexibility index (Phi) is 5.74. The zero-order valence-electron chi connectivity index (χ0n) is 17.5. The number of rotatable bonds is 4. The van der Waals surface area contributed by atoms with Gasteiger partial charge in [0.2, 0.25) is 5.91 Å². The second kappa shape index (κ2) is 8.17. The first-order valence-electron chi connectivity index (χ1n) is 10.8.